The van der Waals surface area contributed by atoms with Gasteiger partial charge < -0.3 is 5.11 Å². The van der Waals surface area contributed by atoms with Gasteiger partial charge in [-0.15, -0.1) is 0 Å². The summed E-state index contributed by atoms with van der Waals surface area (Å²) in [6.45, 7) is 8.64. The van der Waals surface area contributed by atoms with E-state index < -0.39 is 5.60 Å². The second-order valence-corrected chi connectivity index (χ2v) is 7.80. The van der Waals surface area contributed by atoms with Crippen LogP contribution < -0.4 is 0 Å². The number of β-amino-alcohol motifs (C(OH)–C–C–N with tert-alkyl or cyclic N) is 1. The van der Waals surface area contributed by atoms with Crippen molar-refractivity contribution >= 4 is 0 Å². The van der Waals surface area contributed by atoms with Crippen molar-refractivity contribution in [1.29, 1.82) is 0 Å². The van der Waals surface area contributed by atoms with Crippen molar-refractivity contribution in [3.05, 3.63) is 35.4 Å². The predicted octanol–water partition coefficient (Wildman–Crippen LogP) is 3.13. The van der Waals surface area contributed by atoms with E-state index >= 15 is 0 Å². The standard InChI is InChI=1S/C18H27NO/c1-17(2,3)15-6-4-14(5-7-15)12-18(20)10-11-19(13-18)16-8-9-16/h4-7,16,20H,8-13H2,1-3H3. The largest absolute Gasteiger partial charge is 0.388 e. The molecule has 110 valence electrons. The molecular weight excluding hydrogens is 246 g/mol. The van der Waals surface area contributed by atoms with E-state index in [0.717, 1.165) is 32.0 Å². The smallest absolute Gasteiger partial charge is 0.0826 e. The van der Waals surface area contributed by atoms with Gasteiger partial charge in [-0.1, -0.05) is 45.0 Å². The highest BCUT2D eigenvalue weighted by Gasteiger charge is 2.41. The molecule has 0 aromatic heterocycles. The van der Waals surface area contributed by atoms with Gasteiger partial charge in [-0.2, -0.15) is 0 Å². The van der Waals surface area contributed by atoms with Gasteiger partial charge in [0.25, 0.3) is 0 Å². The van der Waals surface area contributed by atoms with Crippen LogP contribution in [-0.2, 0) is 11.8 Å². The van der Waals surface area contributed by atoms with Gasteiger partial charge in [0.1, 0.15) is 0 Å². The fraction of sp³-hybridized carbons (Fsp3) is 0.667. The molecule has 0 spiro atoms. The second kappa shape index (κ2) is 4.85. The fourth-order valence-corrected chi connectivity index (χ4v) is 3.29. The molecule has 1 N–H and O–H groups in total. The first-order valence-electron chi connectivity index (χ1n) is 7.92. The maximum absolute atomic E-state index is 10.8. The first-order chi connectivity index (χ1) is 9.36. The lowest BCUT2D eigenvalue weighted by Crippen LogP contribution is -2.36. The van der Waals surface area contributed by atoms with Crippen LogP contribution in [0.3, 0.4) is 0 Å². The Balaban J connectivity index is 1.65. The molecule has 1 heterocycles. The molecular formula is C18H27NO. The summed E-state index contributed by atoms with van der Waals surface area (Å²) < 4.78 is 0. The fourth-order valence-electron chi connectivity index (χ4n) is 3.29. The number of benzene rings is 1. The van der Waals surface area contributed by atoms with Crippen LogP contribution in [-0.4, -0.2) is 34.7 Å². The van der Waals surface area contributed by atoms with E-state index in [-0.39, 0.29) is 5.41 Å². The molecule has 1 aromatic rings. The average Bonchev–Trinajstić information content (AvgIpc) is 3.13. The Kier molecular flexibility index (Phi) is 3.42. The van der Waals surface area contributed by atoms with E-state index in [2.05, 4.69) is 49.9 Å². The summed E-state index contributed by atoms with van der Waals surface area (Å²) in [5.74, 6) is 0. The number of nitrogens with zero attached hydrogens (tertiary/aromatic N) is 1. The minimum absolute atomic E-state index is 0.200. The highest BCUT2D eigenvalue weighted by Crippen LogP contribution is 2.35. The van der Waals surface area contributed by atoms with Crippen molar-refractivity contribution in [3.8, 4) is 0 Å². The lowest BCUT2D eigenvalue weighted by atomic mass is 9.85. The first kappa shape index (κ1) is 14.1. The third-order valence-electron chi connectivity index (χ3n) is 4.78. The zero-order valence-electron chi connectivity index (χ0n) is 13.0. The molecule has 0 amide bonds. The molecule has 0 bridgehead atoms. The summed E-state index contributed by atoms with van der Waals surface area (Å²) in [5, 5.41) is 10.8. The van der Waals surface area contributed by atoms with Crippen LogP contribution in [0, 0.1) is 0 Å². The minimum Gasteiger partial charge on any atom is -0.388 e. The van der Waals surface area contributed by atoms with Gasteiger partial charge in [-0.05, 0) is 35.8 Å². The van der Waals surface area contributed by atoms with Crippen LogP contribution in [0.4, 0.5) is 0 Å². The third-order valence-corrected chi connectivity index (χ3v) is 4.78. The lowest BCUT2D eigenvalue weighted by Gasteiger charge is -2.24. The molecule has 2 nitrogen and oxygen atoms in total. The summed E-state index contributed by atoms with van der Waals surface area (Å²) in [5.41, 5.74) is 2.31. The van der Waals surface area contributed by atoms with Gasteiger partial charge in [-0.3, -0.25) is 4.90 Å². The Bertz CT molecular complexity index is 469. The molecule has 1 saturated carbocycles. The lowest BCUT2D eigenvalue weighted by molar-refractivity contribution is 0.0487. The van der Waals surface area contributed by atoms with E-state index in [1.54, 1.807) is 0 Å². The molecule has 2 aliphatic rings. The minimum atomic E-state index is -0.508. The quantitative estimate of drug-likeness (QED) is 0.914. The van der Waals surface area contributed by atoms with Crippen LogP contribution in [0.1, 0.15) is 51.2 Å². The summed E-state index contributed by atoms with van der Waals surface area (Å²) >= 11 is 0. The molecule has 1 aliphatic heterocycles. The van der Waals surface area contributed by atoms with E-state index in [4.69, 9.17) is 0 Å². The summed E-state index contributed by atoms with van der Waals surface area (Å²) in [7, 11) is 0. The Morgan fingerprint density at radius 3 is 2.40 bits per heavy atom. The third kappa shape index (κ3) is 3.07. The van der Waals surface area contributed by atoms with Crippen molar-refractivity contribution in [2.24, 2.45) is 0 Å². The molecule has 2 heteroatoms. The highest BCUT2D eigenvalue weighted by molar-refractivity contribution is 5.28. The van der Waals surface area contributed by atoms with Crippen LogP contribution >= 0.6 is 0 Å². The first-order valence-corrected chi connectivity index (χ1v) is 7.92. The van der Waals surface area contributed by atoms with E-state index in [0.29, 0.717) is 0 Å². The van der Waals surface area contributed by atoms with Crippen molar-refractivity contribution in [2.45, 2.75) is 63.5 Å². The Morgan fingerprint density at radius 2 is 1.85 bits per heavy atom. The Hall–Kier alpha value is -0.860. The van der Waals surface area contributed by atoms with Crippen LogP contribution in [0.15, 0.2) is 24.3 Å². The van der Waals surface area contributed by atoms with Crippen molar-refractivity contribution in [2.75, 3.05) is 13.1 Å². The highest BCUT2D eigenvalue weighted by atomic mass is 16.3. The van der Waals surface area contributed by atoms with Crippen LogP contribution in [0.5, 0.6) is 0 Å². The SMILES string of the molecule is CC(C)(C)c1ccc(CC2(O)CCN(C3CC3)C2)cc1. The Morgan fingerprint density at radius 1 is 1.20 bits per heavy atom. The molecule has 1 saturated heterocycles. The van der Waals surface area contributed by atoms with Gasteiger partial charge in [0.15, 0.2) is 0 Å². The van der Waals surface area contributed by atoms with Gasteiger partial charge in [0.2, 0.25) is 0 Å². The normalized spacial score (nSPS) is 28.0. The van der Waals surface area contributed by atoms with E-state index in [1.165, 1.54) is 24.0 Å². The summed E-state index contributed by atoms with van der Waals surface area (Å²) in [6.07, 6.45) is 4.37. The topological polar surface area (TPSA) is 23.5 Å². The molecule has 1 aromatic carbocycles. The van der Waals surface area contributed by atoms with Crippen LogP contribution in [0.2, 0.25) is 0 Å². The summed E-state index contributed by atoms with van der Waals surface area (Å²) in [6, 6.07) is 9.59. The predicted molar refractivity (Wildman–Crippen MR) is 83.0 cm³/mol. The van der Waals surface area contributed by atoms with Gasteiger partial charge in [0.05, 0.1) is 5.60 Å². The van der Waals surface area contributed by atoms with E-state index in [1.807, 2.05) is 0 Å². The zero-order valence-corrected chi connectivity index (χ0v) is 13.0. The summed E-state index contributed by atoms with van der Waals surface area (Å²) in [4.78, 5) is 2.48. The monoisotopic (exact) mass is 273 g/mol. The maximum Gasteiger partial charge on any atom is 0.0826 e. The maximum atomic E-state index is 10.8. The number of likely N-dealkylation sites (tertiary alicyclic amines) is 1. The number of hydrogen-bond acceptors (Lipinski definition) is 2. The number of hydrogen-bond donors (Lipinski definition) is 1. The van der Waals surface area contributed by atoms with Gasteiger partial charge in [0, 0.05) is 25.6 Å². The molecule has 1 unspecified atom stereocenters. The van der Waals surface area contributed by atoms with Crippen LogP contribution in [0.25, 0.3) is 0 Å². The average molecular weight is 273 g/mol. The molecule has 3 rings (SSSR count). The Labute approximate surface area is 122 Å². The second-order valence-electron chi connectivity index (χ2n) is 7.80. The van der Waals surface area contributed by atoms with Gasteiger partial charge in [-0.25, -0.2) is 0 Å². The molecule has 1 aliphatic carbocycles. The molecule has 20 heavy (non-hydrogen) atoms. The van der Waals surface area contributed by atoms with Crippen molar-refractivity contribution < 1.29 is 5.11 Å². The number of rotatable bonds is 3. The van der Waals surface area contributed by atoms with Crippen molar-refractivity contribution in [3.63, 3.8) is 0 Å². The molecule has 2 fully saturated rings. The van der Waals surface area contributed by atoms with Crippen molar-refractivity contribution in [1.82, 2.24) is 4.90 Å². The molecule has 0 radical (unpaired) electrons. The van der Waals surface area contributed by atoms with E-state index in [9.17, 15) is 5.11 Å². The van der Waals surface area contributed by atoms with Gasteiger partial charge >= 0.3 is 0 Å². The molecule has 1 atom stereocenters. The zero-order chi connectivity index (χ0) is 14.4. The number of aliphatic hydroxyl groups is 1.